The zero-order valence-electron chi connectivity index (χ0n) is 23.9. The quantitative estimate of drug-likeness (QED) is 0.305. The van der Waals surface area contributed by atoms with E-state index in [4.69, 9.17) is 9.36 Å². The third-order valence-electron chi connectivity index (χ3n) is 14.0. The van der Waals surface area contributed by atoms with Crippen LogP contribution in [0.5, 0.6) is 0 Å². The van der Waals surface area contributed by atoms with Gasteiger partial charge in [-0.15, -0.1) is 0 Å². The number of nitrogens with one attached hydrogen (secondary N) is 1. The van der Waals surface area contributed by atoms with Crippen LogP contribution in [0.2, 0.25) is 0 Å². The molecule has 12 atom stereocenters. The van der Waals surface area contributed by atoms with E-state index in [0.717, 1.165) is 32.1 Å². The van der Waals surface area contributed by atoms with E-state index < -0.39 is 11.4 Å². The van der Waals surface area contributed by atoms with Crippen LogP contribution < -0.4 is 5.48 Å². The summed E-state index contributed by atoms with van der Waals surface area (Å²) < 4.78 is 5.95. The molecule has 2 N–H and O–H groups in total. The lowest BCUT2D eigenvalue weighted by Crippen LogP contribution is -2.67. The van der Waals surface area contributed by atoms with E-state index >= 15 is 0 Å². The Hall–Kier alpha value is -0.220. The standard InChI is InChI=1S/C30H52NO4P/c1-18(31-34-7)19-10-15-30(25(32)33)17-16-28(5)20(24(19)30)8-9-22-27(4)13-12-23(35-36)26(2,3)21(27)11-14-29(22,28)6/h18-24,31H,8-17,36H2,1-7H3,(H,32,33)/t18?,19?,20?,21?,22?,23?,24?,27-,28?,29+,30?/m0/s1. The lowest BCUT2D eigenvalue weighted by atomic mass is 9.32. The Morgan fingerprint density at radius 3 is 2.28 bits per heavy atom. The fourth-order valence-electron chi connectivity index (χ4n) is 12.1. The number of carboxylic acid groups (broad SMARTS) is 1. The van der Waals surface area contributed by atoms with Gasteiger partial charge in [-0.25, -0.2) is 0 Å². The average molecular weight is 522 g/mol. The number of hydrogen-bond donors (Lipinski definition) is 2. The van der Waals surface area contributed by atoms with Gasteiger partial charge >= 0.3 is 5.97 Å². The molecule has 0 spiro atoms. The molecule has 0 aliphatic heterocycles. The van der Waals surface area contributed by atoms with Crippen LogP contribution in [0.25, 0.3) is 0 Å². The third kappa shape index (κ3) is 3.37. The summed E-state index contributed by atoms with van der Waals surface area (Å²) in [5, 5.41) is 10.6. The lowest BCUT2D eigenvalue weighted by molar-refractivity contribution is -0.247. The maximum Gasteiger partial charge on any atom is 0.309 e. The minimum Gasteiger partial charge on any atom is -0.481 e. The first kappa shape index (κ1) is 27.4. The van der Waals surface area contributed by atoms with Gasteiger partial charge in [0.2, 0.25) is 0 Å². The van der Waals surface area contributed by atoms with Crippen molar-refractivity contribution in [1.29, 1.82) is 0 Å². The second-order valence-electron chi connectivity index (χ2n) is 15.0. The van der Waals surface area contributed by atoms with Crippen molar-refractivity contribution in [3.8, 4) is 0 Å². The van der Waals surface area contributed by atoms with E-state index in [1.165, 1.54) is 32.1 Å². The zero-order valence-corrected chi connectivity index (χ0v) is 25.0. The highest BCUT2D eigenvalue weighted by Crippen LogP contribution is 2.77. The molecule has 5 aliphatic carbocycles. The predicted molar refractivity (Wildman–Crippen MR) is 146 cm³/mol. The summed E-state index contributed by atoms with van der Waals surface area (Å²) >= 11 is 0. The van der Waals surface area contributed by atoms with E-state index in [2.05, 4.69) is 56.5 Å². The van der Waals surface area contributed by atoms with Crippen molar-refractivity contribution in [2.75, 3.05) is 7.11 Å². The van der Waals surface area contributed by atoms with Crippen LogP contribution in [0.15, 0.2) is 0 Å². The first-order valence-electron chi connectivity index (χ1n) is 14.7. The van der Waals surface area contributed by atoms with Crippen molar-refractivity contribution < 1.29 is 19.3 Å². The van der Waals surface area contributed by atoms with E-state index in [9.17, 15) is 9.90 Å². The summed E-state index contributed by atoms with van der Waals surface area (Å²) in [5.74, 6) is 1.88. The third-order valence-corrected chi connectivity index (χ3v) is 14.3. The Bertz CT molecular complexity index is 881. The summed E-state index contributed by atoms with van der Waals surface area (Å²) in [6.45, 7) is 14.9. The van der Waals surface area contributed by atoms with Gasteiger partial charge in [0.05, 0.1) is 18.6 Å². The molecule has 5 nitrogen and oxygen atoms in total. The first-order valence-corrected chi connectivity index (χ1v) is 15.2. The minimum atomic E-state index is -0.557. The second kappa shape index (κ2) is 8.90. The number of carbonyl (C=O) groups is 1. The Morgan fingerprint density at radius 2 is 1.64 bits per heavy atom. The number of hydroxylamine groups is 1. The average Bonchev–Trinajstić information content (AvgIpc) is 3.21. The molecule has 10 unspecified atom stereocenters. The molecular formula is C30H52NO4P. The van der Waals surface area contributed by atoms with Crippen molar-refractivity contribution in [2.24, 2.45) is 56.7 Å². The molecule has 5 fully saturated rings. The van der Waals surface area contributed by atoms with E-state index in [1.807, 2.05) is 0 Å². The van der Waals surface area contributed by atoms with Crippen molar-refractivity contribution in [2.45, 2.75) is 118 Å². The SMILES string of the molecule is CONC(C)C1CCC2(C(=O)O)CCC3(C)C(CCC4[C@@]5(C)CCC(OP)C(C)(C)C5CC[C@]43C)C12. The fourth-order valence-corrected chi connectivity index (χ4v) is 12.6. The van der Waals surface area contributed by atoms with Crippen LogP contribution >= 0.6 is 9.47 Å². The molecule has 36 heavy (non-hydrogen) atoms. The topological polar surface area (TPSA) is 67.8 Å². The Morgan fingerprint density at radius 1 is 0.917 bits per heavy atom. The highest BCUT2D eigenvalue weighted by Gasteiger charge is 2.72. The van der Waals surface area contributed by atoms with Crippen molar-refractivity contribution in [1.82, 2.24) is 5.48 Å². The van der Waals surface area contributed by atoms with Gasteiger partial charge in [0, 0.05) is 15.5 Å². The molecule has 5 saturated carbocycles. The van der Waals surface area contributed by atoms with Gasteiger partial charge in [-0.3, -0.25) is 4.79 Å². The van der Waals surface area contributed by atoms with Crippen LogP contribution in [0, 0.1) is 56.7 Å². The van der Waals surface area contributed by atoms with E-state index in [0.29, 0.717) is 35.2 Å². The van der Waals surface area contributed by atoms with Gasteiger partial charge in [0.15, 0.2) is 0 Å². The monoisotopic (exact) mass is 521 g/mol. The summed E-state index contributed by atoms with van der Waals surface area (Å²) in [7, 11) is 4.24. The smallest absolute Gasteiger partial charge is 0.309 e. The number of fused-ring (bicyclic) bond motifs is 7. The molecule has 5 aliphatic rings. The van der Waals surface area contributed by atoms with Crippen molar-refractivity contribution in [3.05, 3.63) is 0 Å². The molecule has 0 aromatic carbocycles. The second-order valence-corrected chi connectivity index (χ2v) is 15.2. The van der Waals surface area contributed by atoms with Gasteiger partial charge < -0.3 is 14.5 Å². The molecule has 0 amide bonds. The summed E-state index contributed by atoms with van der Waals surface area (Å²) in [5.41, 5.74) is 3.58. The van der Waals surface area contributed by atoms with Crippen LogP contribution in [0.1, 0.15) is 106 Å². The molecule has 206 valence electrons. The van der Waals surface area contributed by atoms with Crippen molar-refractivity contribution in [3.63, 3.8) is 0 Å². The highest BCUT2D eigenvalue weighted by atomic mass is 31.0. The van der Waals surface area contributed by atoms with Gasteiger partial charge in [0.1, 0.15) is 0 Å². The Kier molecular flexibility index (Phi) is 6.76. The minimum absolute atomic E-state index is 0.172. The molecule has 0 aromatic heterocycles. The summed E-state index contributed by atoms with van der Waals surface area (Å²) in [6, 6.07) is 0.172. The molecule has 0 heterocycles. The van der Waals surface area contributed by atoms with Crippen molar-refractivity contribution >= 4 is 15.4 Å². The normalized spacial score (nSPS) is 52.4. The van der Waals surface area contributed by atoms with E-state index in [1.54, 1.807) is 7.11 Å². The number of rotatable bonds is 5. The van der Waals surface area contributed by atoms with Crippen LogP contribution in [0.3, 0.4) is 0 Å². The van der Waals surface area contributed by atoms with Gasteiger partial charge in [-0.05, 0) is 122 Å². The molecule has 5 rings (SSSR count). The predicted octanol–water partition coefficient (Wildman–Crippen LogP) is 6.87. The summed E-state index contributed by atoms with van der Waals surface area (Å²) in [4.78, 5) is 18.3. The number of aliphatic carboxylic acids is 1. The van der Waals surface area contributed by atoms with Gasteiger partial charge in [0.25, 0.3) is 0 Å². The number of carboxylic acids is 1. The van der Waals surface area contributed by atoms with Gasteiger partial charge in [-0.1, -0.05) is 34.6 Å². The Balaban J connectivity index is 1.53. The maximum absolute atomic E-state index is 12.9. The molecule has 6 heteroatoms. The molecular weight excluding hydrogens is 469 g/mol. The molecule has 0 bridgehead atoms. The zero-order chi connectivity index (χ0) is 26.3. The molecule has 0 radical (unpaired) electrons. The summed E-state index contributed by atoms with van der Waals surface area (Å²) in [6.07, 6.45) is 11.4. The molecule has 0 saturated heterocycles. The van der Waals surface area contributed by atoms with Crippen LogP contribution in [-0.4, -0.2) is 30.3 Å². The van der Waals surface area contributed by atoms with Gasteiger partial charge in [-0.2, -0.15) is 5.48 Å². The Labute approximate surface area is 221 Å². The van der Waals surface area contributed by atoms with Crippen LogP contribution in [-0.2, 0) is 14.2 Å². The number of hydrogen-bond acceptors (Lipinski definition) is 4. The van der Waals surface area contributed by atoms with Crippen LogP contribution in [0.4, 0.5) is 0 Å². The molecule has 0 aromatic rings. The fraction of sp³-hybridized carbons (Fsp3) is 0.967. The maximum atomic E-state index is 12.9. The lowest BCUT2D eigenvalue weighted by Gasteiger charge is -2.72. The largest absolute Gasteiger partial charge is 0.481 e. The highest BCUT2D eigenvalue weighted by molar-refractivity contribution is 7.09. The van der Waals surface area contributed by atoms with E-state index in [-0.39, 0.29) is 28.2 Å². The first-order chi connectivity index (χ1) is 16.8.